The second kappa shape index (κ2) is 10.9. The molecule has 0 aromatic rings. The fraction of sp³-hybridized carbons (Fsp3) is 0.857. The summed E-state index contributed by atoms with van der Waals surface area (Å²) in [4.78, 5) is 23.0. The number of rotatable bonds is 8. The fourth-order valence-electron chi connectivity index (χ4n) is 2.34. The molecule has 1 aliphatic carbocycles. The summed E-state index contributed by atoms with van der Waals surface area (Å²) in [6, 6.07) is 0. The smallest absolute Gasteiger partial charge is 0.239 e. The summed E-state index contributed by atoms with van der Waals surface area (Å²) >= 11 is 0. The van der Waals surface area contributed by atoms with E-state index < -0.39 is 0 Å². The maximum atomic E-state index is 11.6. The molecule has 20 heavy (non-hydrogen) atoms. The molecule has 2 amide bonds. The van der Waals surface area contributed by atoms with Gasteiger partial charge in [-0.3, -0.25) is 9.59 Å². The summed E-state index contributed by atoms with van der Waals surface area (Å²) in [6.07, 6.45) is 6.60. The molecule has 0 radical (unpaired) electrons. The van der Waals surface area contributed by atoms with Crippen LogP contribution in [0.1, 0.15) is 45.4 Å². The molecule has 4 N–H and O–H groups in total. The van der Waals surface area contributed by atoms with Crippen LogP contribution in [0.2, 0.25) is 0 Å². The Morgan fingerprint density at radius 2 is 1.85 bits per heavy atom. The lowest BCUT2D eigenvalue weighted by Crippen LogP contribution is -2.39. The standard InChI is InChI=1S/C14H27N3O2.ClH/c1-11(8-15)9-16-14(19)10-17-13(18)7-6-12-4-2-3-5-12;/h11-12H,2-10,15H2,1H3,(H,16,19)(H,17,18);1H. The van der Waals surface area contributed by atoms with E-state index in [0.717, 1.165) is 6.42 Å². The van der Waals surface area contributed by atoms with Gasteiger partial charge in [0.25, 0.3) is 0 Å². The molecule has 0 saturated heterocycles. The van der Waals surface area contributed by atoms with Gasteiger partial charge < -0.3 is 16.4 Å². The topological polar surface area (TPSA) is 84.2 Å². The lowest BCUT2D eigenvalue weighted by Gasteiger charge is -2.11. The zero-order valence-corrected chi connectivity index (χ0v) is 13.1. The van der Waals surface area contributed by atoms with Crippen LogP contribution < -0.4 is 16.4 Å². The van der Waals surface area contributed by atoms with Crippen molar-refractivity contribution in [3.05, 3.63) is 0 Å². The lowest BCUT2D eigenvalue weighted by atomic mass is 10.0. The molecule has 0 bridgehead atoms. The summed E-state index contributed by atoms with van der Waals surface area (Å²) in [7, 11) is 0. The van der Waals surface area contributed by atoms with Crippen molar-refractivity contribution in [3.8, 4) is 0 Å². The van der Waals surface area contributed by atoms with Crippen LogP contribution in [0.15, 0.2) is 0 Å². The van der Waals surface area contributed by atoms with E-state index in [9.17, 15) is 9.59 Å². The van der Waals surface area contributed by atoms with E-state index in [1.165, 1.54) is 25.7 Å². The fourth-order valence-corrected chi connectivity index (χ4v) is 2.34. The summed E-state index contributed by atoms with van der Waals surface area (Å²) in [5.74, 6) is 0.815. The molecule has 0 spiro atoms. The zero-order chi connectivity index (χ0) is 14.1. The van der Waals surface area contributed by atoms with Gasteiger partial charge in [-0.15, -0.1) is 12.4 Å². The molecule has 1 unspecified atom stereocenters. The Balaban J connectivity index is 0.00000361. The maximum Gasteiger partial charge on any atom is 0.239 e. The van der Waals surface area contributed by atoms with Crippen LogP contribution in [-0.2, 0) is 9.59 Å². The van der Waals surface area contributed by atoms with Crippen LogP contribution in [0.4, 0.5) is 0 Å². The van der Waals surface area contributed by atoms with Crippen molar-refractivity contribution in [3.63, 3.8) is 0 Å². The third-order valence-electron chi connectivity index (χ3n) is 3.75. The largest absolute Gasteiger partial charge is 0.354 e. The van der Waals surface area contributed by atoms with Gasteiger partial charge >= 0.3 is 0 Å². The third-order valence-corrected chi connectivity index (χ3v) is 3.75. The molecule has 118 valence electrons. The Kier molecular flexibility index (Phi) is 10.5. The maximum absolute atomic E-state index is 11.6. The van der Waals surface area contributed by atoms with Crippen LogP contribution in [-0.4, -0.2) is 31.4 Å². The van der Waals surface area contributed by atoms with E-state index in [-0.39, 0.29) is 36.7 Å². The normalized spacial score (nSPS) is 16.3. The van der Waals surface area contributed by atoms with E-state index >= 15 is 0 Å². The first-order chi connectivity index (χ1) is 9.11. The zero-order valence-electron chi connectivity index (χ0n) is 12.3. The number of carbonyl (C=O) groups excluding carboxylic acids is 2. The average Bonchev–Trinajstić information content (AvgIpc) is 2.93. The SMILES string of the molecule is CC(CN)CNC(=O)CNC(=O)CCC1CCCC1.Cl. The number of amides is 2. The Morgan fingerprint density at radius 1 is 1.20 bits per heavy atom. The van der Waals surface area contributed by atoms with Gasteiger partial charge in [-0.1, -0.05) is 32.6 Å². The summed E-state index contributed by atoms with van der Waals surface area (Å²) in [6.45, 7) is 3.16. The molecule has 6 heteroatoms. The Morgan fingerprint density at radius 3 is 2.45 bits per heavy atom. The number of hydrogen-bond acceptors (Lipinski definition) is 3. The molecule has 1 aliphatic rings. The Bertz CT molecular complexity index is 294. The van der Waals surface area contributed by atoms with E-state index in [4.69, 9.17) is 5.73 Å². The predicted octanol–water partition coefficient (Wildman–Crippen LogP) is 1.21. The second-order valence-corrected chi connectivity index (χ2v) is 5.61. The van der Waals surface area contributed by atoms with Gasteiger partial charge in [0.2, 0.25) is 11.8 Å². The monoisotopic (exact) mass is 305 g/mol. The molecule has 0 aromatic carbocycles. The van der Waals surface area contributed by atoms with Gasteiger partial charge in [-0.2, -0.15) is 0 Å². The number of carbonyl (C=O) groups is 2. The molecule has 1 fully saturated rings. The van der Waals surface area contributed by atoms with Crippen LogP contribution in [0, 0.1) is 11.8 Å². The van der Waals surface area contributed by atoms with Gasteiger partial charge in [0.1, 0.15) is 0 Å². The summed E-state index contributed by atoms with van der Waals surface area (Å²) < 4.78 is 0. The summed E-state index contributed by atoms with van der Waals surface area (Å²) in [5, 5.41) is 5.42. The van der Waals surface area contributed by atoms with Gasteiger partial charge in [-0.05, 0) is 24.8 Å². The molecule has 1 saturated carbocycles. The van der Waals surface area contributed by atoms with Crippen LogP contribution in [0.5, 0.6) is 0 Å². The minimum Gasteiger partial charge on any atom is -0.354 e. The lowest BCUT2D eigenvalue weighted by molar-refractivity contribution is -0.126. The minimum atomic E-state index is -0.144. The van der Waals surface area contributed by atoms with E-state index in [1.807, 2.05) is 6.92 Å². The molecular formula is C14H28ClN3O2. The van der Waals surface area contributed by atoms with Crippen LogP contribution >= 0.6 is 12.4 Å². The first kappa shape index (κ1) is 19.2. The highest BCUT2D eigenvalue weighted by molar-refractivity contribution is 5.85. The van der Waals surface area contributed by atoms with Crippen molar-refractivity contribution in [1.29, 1.82) is 0 Å². The molecule has 0 heterocycles. The molecule has 0 aromatic heterocycles. The van der Waals surface area contributed by atoms with Crippen molar-refractivity contribution >= 4 is 24.2 Å². The molecule has 1 atom stereocenters. The van der Waals surface area contributed by atoms with Crippen molar-refractivity contribution in [2.75, 3.05) is 19.6 Å². The van der Waals surface area contributed by atoms with Crippen molar-refractivity contribution in [1.82, 2.24) is 10.6 Å². The quantitative estimate of drug-likeness (QED) is 0.630. The van der Waals surface area contributed by atoms with Crippen molar-refractivity contribution in [2.24, 2.45) is 17.6 Å². The van der Waals surface area contributed by atoms with E-state index in [1.54, 1.807) is 0 Å². The first-order valence-corrected chi connectivity index (χ1v) is 7.35. The molecule has 0 aliphatic heterocycles. The van der Waals surface area contributed by atoms with Gasteiger partial charge in [0, 0.05) is 13.0 Å². The van der Waals surface area contributed by atoms with E-state index in [2.05, 4.69) is 10.6 Å². The number of hydrogen-bond donors (Lipinski definition) is 3. The number of nitrogens with two attached hydrogens (primary N) is 1. The highest BCUT2D eigenvalue weighted by Gasteiger charge is 2.16. The van der Waals surface area contributed by atoms with Gasteiger partial charge in [0.15, 0.2) is 0 Å². The molecule has 5 nitrogen and oxygen atoms in total. The average molecular weight is 306 g/mol. The van der Waals surface area contributed by atoms with Crippen LogP contribution in [0.3, 0.4) is 0 Å². The van der Waals surface area contributed by atoms with Crippen molar-refractivity contribution < 1.29 is 9.59 Å². The Labute approximate surface area is 127 Å². The molecule has 1 rings (SSSR count). The summed E-state index contributed by atoms with van der Waals surface area (Å²) in [5.41, 5.74) is 5.46. The first-order valence-electron chi connectivity index (χ1n) is 7.35. The number of nitrogens with one attached hydrogen (secondary N) is 2. The van der Waals surface area contributed by atoms with E-state index in [0.29, 0.717) is 25.4 Å². The Hall–Kier alpha value is -0.810. The minimum absolute atomic E-state index is 0. The predicted molar refractivity (Wildman–Crippen MR) is 82.7 cm³/mol. The van der Waals surface area contributed by atoms with Gasteiger partial charge in [-0.25, -0.2) is 0 Å². The van der Waals surface area contributed by atoms with Crippen LogP contribution in [0.25, 0.3) is 0 Å². The molecular weight excluding hydrogens is 278 g/mol. The highest BCUT2D eigenvalue weighted by atomic mass is 35.5. The highest BCUT2D eigenvalue weighted by Crippen LogP contribution is 2.28. The third kappa shape index (κ3) is 8.38. The van der Waals surface area contributed by atoms with Gasteiger partial charge in [0.05, 0.1) is 6.54 Å². The number of halogens is 1. The second-order valence-electron chi connectivity index (χ2n) is 5.61. The van der Waals surface area contributed by atoms with Crippen molar-refractivity contribution in [2.45, 2.75) is 45.4 Å².